The predicted molar refractivity (Wildman–Crippen MR) is 127 cm³/mol. The van der Waals surface area contributed by atoms with Gasteiger partial charge in [0.15, 0.2) is 0 Å². The van der Waals surface area contributed by atoms with Gasteiger partial charge in [-0.2, -0.15) is 0 Å². The van der Waals surface area contributed by atoms with Gasteiger partial charge < -0.3 is 20.2 Å². The Morgan fingerprint density at radius 1 is 1.18 bits per heavy atom. The van der Waals surface area contributed by atoms with Gasteiger partial charge in [-0.05, 0) is 69.6 Å². The molecule has 182 valence electrons. The first kappa shape index (κ1) is 23.8. The smallest absolute Gasteiger partial charge is 0.254 e. The van der Waals surface area contributed by atoms with Crippen molar-refractivity contribution in [2.45, 2.75) is 58.0 Å². The van der Waals surface area contributed by atoms with Gasteiger partial charge in [-0.25, -0.2) is 8.42 Å². The summed E-state index contributed by atoms with van der Waals surface area (Å²) < 4.78 is 26.8. The van der Waals surface area contributed by atoms with Crippen molar-refractivity contribution in [3.63, 3.8) is 0 Å². The number of anilines is 2. The summed E-state index contributed by atoms with van der Waals surface area (Å²) >= 11 is 0. The maximum atomic E-state index is 13.2. The lowest BCUT2D eigenvalue weighted by Gasteiger charge is -2.35. The molecule has 1 aliphatic carbocycles. The highest BCUT2D eigenvalue weighted by atomic mass is 32.2. The molecule has 0 radical (unpaired) electrons. The van der Waals surface area contributed by atoms with E-state index in [1.54, 1.807) is 23.1 Å². The minimum absolute atomic E-state index is 0.0677. The van der Waals surface area contributed by atoms with Crippen molar-refractivity contribution in [1.82, 2.24) is 10.2 Å². The summed E-state index contributed by atoms with van der Waals surface area (Å²) in [5, 5.41) is 11.9. The van der Waals surface area contributed by atoms with Gasteiger partial charge in [0, 0.05) is 25.7 Å². The van der Waals surface area contributed by atoms with Crippen molar-refractivity contribution < 1.29 is 23.1 Å². The summed E-state index contributed by atoms with van der Waals surface area (Å²) in [5.41, 5.74) is 1.90. The zero-order valence-electron chi connectivity index (χ0n) is 19.3. The molecule has 1 spiro atoms. The van der Waals surface area contributed by atoms with Crippen LogP contribution in [0, 0.1) is 5.41 Å². The predicted octanol–water partition coefficient (Wildman–Crippen LogP) is 1.54. The Balaban J connectivity index is 1.56. The monoisotopic (exact) mass is 478 g/mol. The van der Waals surface area contributed by atoms with Gasteiger partial charge in [-0.15, -0.1) is 0 Å². The first-order valence-corrected chi connectivity index (χ1v) is 13.4. The second-order valence-corrected chi connectivity index (χ2v) is 11.6. The third-order valence-corrected chi connectivity index (χ3v) is 8.43. The van der Waals surface area contributed by atoms with Gasteiger partial charge in [0.05, 0.1) is 29.3 Å². The number of likely N-dealkylation sites (tertiary alicyclic amines) is 1. The fraction of sp³-hybridized carbons (Fsp3) is 0.652. The Bertz CT molecular complexity index is 1010. The molecule has 0 bridgehead atoms. The lowest BCUT2D eigenvalue weighted by Crippen LogP contribution is -2.44. The summed E-state index contributed by atoms with van der Waals surface area (Å²) in [6.45, 7) is 5.67. The number of aliphatic hydroxyl groups excluding tert-OH is 1. The average molecular weight is 479 g/mol. The van der Waals surface area contributed by atoms with Crippen molar-refractivity contribution in [3.05, 3.63) is 23.8 Å². The fourth-order valence-corrected chi connectivity index (χ4v) is 5.71. The standard InChI is InChI=1S/C23H34N4O5S/c1-16(2)27-10-5-19(22(27)30)24-21(29)18-4-3-17(25-33(31,32)14-13-28)15-20(18)26-11-8-23(6-7-23)9-12-26/h3-4,15-16,19,25,28H,5-14H2,1-2H3,(H,24,29). The normalized spacial score (nSPS) is 22.2. The molecule has 4 rings (SSSR count). The number of piperidine rings is 1. The minimum Gasteiger partial charge on any atom is -0.395 e. The number of hydrogen-bond donors (Lipinski definition) is 3. The molecule has 2 aliphatic heterocycles. The number of rotatable bonds is 8. The molecule has 1 aromatic rings. The maximum absolute atomic E-state index is 13.2. The van der Waals surface area contributed by atoms with Crippen molar-refractivity contribution >= 4 is 33.2 Å². The second-order valence-electron chi connectivity index (χ2n) is 9.80. The van der Waals surface area contributed by atoms with Crippen molar-refractivity contribution in [2.24, 2.45) is 5.41 Å². The Hall–Kier alpha value is -2.33. The molecule has 2 amide bonds. The van der Waals surface area contributed by atoms with Crippen LogP contribution >= 0.6 is 0 Å². The number of amides is 2. The van der Waals surface area contributed by atoms with E-state index in [4.69, 9.17) is 5.11 Å². The number of aliphatic hydroxyl groups is 1. The molecule has 33 heavy (non-hydrogen) atoms. The Morgan fingerprint density at radius 2 is 1.88 bits per heavy atom. The highest BCUT2D eigenvalue weighted by molar-refractivity contribution is 7.92. The van der Waals surface area contributed by atoms with E-state index in [0.717, 1.165) is 25.9 Å². The Morgan fingerprint density at radius 3 is 2.45 bits per heavy atom. The van der Waals surface area contributed by atoms with Crippen LogP contribution in [0.2, 0.25) is 0 Å². The second kappa shape index (κ2) is 9.13. The molecule has 2 heterocycles. The number of nitrogens with zero attached hydrogens (tertiary/aromatic N) is 2. The van der Waals surface area contributed by atoms with E-state index < -0.39 is 28.4 Å². The van der Waals surface area contributed by atoms with E-state index in [0.29, 0.717) is 35.3 Å². The molecule has 1 unspecified atom stereocenters. The molecular weight excluding hydrogens is 444 g/mol. The Labute approximate surface area is 195 Å². The molecule has 1 aromatic carbocycles. The molecule has 0 aromatic heterocycles. The highest BCUT2D eigenvalue weighted by Crippen LogP contribution is 2.54. The van der Waals surface area contributed by atoms with Crippen LogP contribution in [0.3, 0.4) is 0 Å². The summed E-state index contributed by atoms with van der Waals surface area (Å²) in [6.07, 6.45) is 5.19. The summed E-state index contributed by atoms with van der Waals surface area (Å²) in [4.78, 5) is 29.8. The number of nitrogens with one attached hydrogen (secondary N) is 2. The van der Waals surface area contributed by atoms with E-state index in [9.17, 15) is 18.0 Å². The molecule has 10 heteroatoms. The number of carbonyl (C=O) groups is 2. The van der Waals surface area contributed by atoms with Crippen LogP contribution in [0.5, 0.6) is 0 Å². The van der Waals surface area contributed by atoms with Crippen LogP contribution in [-0.2, 0) is 14.8 Å². The molecule has 3 fully saturated rings. The van der Waals surface area contributed by atoms with Crippen molar-refractivity contribution in [1.29, 1.82) is 0 Å². The van der Waals surface area contributed by atoms with E-state index in [1.165, 1.54) is 12.8 Å². The van der Waals surface area contributed by atoms with Crippen LogP contribution < -0.4 is 14.9 Å². The van der Waals surface area contributed by atoms with Crippen molar-refractivity contribution in [3.8, 4) is 0 Å². The molecular formula is C23H34N4O5S. The SMILES string of the molecule is CC(C)N1CCC(NC(=O)c2ccc(NS(=O)(=O)CCO)cc2N2CCC3(CC2)CC3)C1=O. The van der Waals surface area contributed by atoms with E-state index in [1.807, 2.05) is 13.8 Å². The van der Waals surface area contributed by atoms with Crippen LogP contribution in [-0.4, -0.2) is 74.3 Å². The molecule has 3 N–H and O–H groups in total. The number of benzene rings is 1. The highest BCUT2D eigenvalue weighted by Gasteiger charge is 2.44. The fourth-order valence-electron chi connectivity index (χ4n) is 4.88. The number of sulfonamides is 1. The number of hydrogen-bond acceptors (Lipinski definition) is 6. The van der Waals surface area contributed by atoms with Crippen LogP contribution in [0.15, 0.2) is 18.2 Å². The van der Waals surface area contributed by atoms with Gasteiger partial charge in [0.25, 0.3) is 5.91 Å². The molecule has 9 nitrogen and oxygen atoms in total. The van der Waals surface area contributed by atoms with E-state index in [-0.39, 0.29) is 17.9 Å². The maximum Gasteiger partial charge on any atom is 0.254 e. The lowest BCUT2D eigenvalue weighted by atomic mass is 9.93. The van der Waals surface area contributed by atoms with Crippen LogP contribution in [0.4, 0.5) is 11.4 Å². The first-order chi connectivity index (χ1) is 15.6. The van der Waals surface area contributed by atoms with Crippen LogP contribution in [0.25, 0.3) is 0 Å². The van der Waals surface area contributed by atoms with Gasteiger partial charge in [0.2, 0.25) is 15.9 Å². The van der Waals surface area contributed by atoms with Gasteiger partial charge in [-0.1, -0.05) is 0 Å². The van der Waals surface area contributed by atoms with E-state index in [2.05, 4.69) is 14.9 Å². The lowest BCUT2D eigenvalue weighted by molar-refractivity contribution is -0.130. The number of carbonyl (C=O) groups excluding carboxylic acids is 2. The molecule has 1 atom stereocenters. The first-order valence-electron chi connectivity index (χ1n) is 11.7. The molecule has 3 aliphatic rings. The third-order valence-electron chi connectivity index (χ3n) is 7.17. The minimum atomic E-state index is -3.68. The van der Waals surface area contributed by atoms with Gasteiger partial charge in [-0.3, -0.25) is 14.3 Å². The summed E-state index contributed by atoms with van der Waals surface area (Å²) in [7, 11) is -3.68. The van der Waals surface area contributed by atoms with Gasteiger partial charge >= 0.3 is 0 Å². The summed E-state index contributed by atoms with van der Waals surface area (Å²) in [5.74, 6) is -0.792. The Kier molecular flexibility index (Phi) is 6.59. The molecule has 1 saturated carbocycles. The average Bonchev–Trinajstić information content (AvgIpc) is 3.41. The van der Waals surface area contributed by atoms with Crippen molar-refractivity contribution in [2.75, 3.05) is 41.6 Å². The largest absolute Gasteiger partial charge is 0.395 e. The van der Waals surface area contributed by atoms with Crippen LogP contribution in [0.1, 0.15) is 56.3 Å². The molecule has 2 saturated heterocycles. The van der Waals surface area contributed by atoms with E-state index >= 15 is 0 Å². The van der Waals surface area contributed by atoms with Gasteiger partial charge in [0.1, 0.15) is 6.04 Å². The zero-order chi connectivity index (χ0) is 23.8. The summed E-state index contributed by atoms with van der Waals surface area (Å²) in [6, 6.07) is 4.39. The third kappa shape index (κ3) is 5.27. The topological polar surface area (TPSA) is 119 Å². The quantitative estimate of drug-likeness (QED) is 0.522. The zero-order valence-corrected chi connectivity index (χ0v) is 20.2.